The lowest BCUT2D eigenvalue weighted by molar-refractivity contribution is -0.126. The number of methoxy groups -OCH3 is 1. The second kappa shape index (κ2) is 6.24. The normalized spacial score (nSPS) is 15.9. The highest BCUT2D eigenvalue weighted by Crippen LogP contribution is 2.14. The number of ether oxygens (including phenoxy) is 1. The number of carbonyl (C=O) groups is 1. The largest absolute Gasteiger partial charge is 0.497 e. The molecule has 1 fully saturated rings. The molecule has 0 spiro atoms. The van der Waals surface area contributed by atoms with Crippen LogP contribution in [0.15, 0.2) is 30.3 Å². The number of hydrogen-bond donors (Lipinski definition) is 0. The SMILES string of the molecule is COc1cccc(/C=C\C(=O)N2CCCCC2)c1. The molecule has 1 aliphatic rings. The van der Waals surface area contributed by atoms with Gasteiger partial charge in [0.2, 0.25) is 5.91 Å². The molecule has 0 N–H and O–H groups in total. The average Bonchev–Trinajstić information content (AvgIpc) is 2.46. The van der Waals surface area contributed by atoms with Gasteiger partial charge in [0.25, 0.3) is 0 Å². The van der Waals surface area contributed by atoms with Crippen LogP contribution in [0.2, 0.25) is 0 Å². The molecule has 3 nitrogen and oxygen atoms in total. The van der Waals surface area contributed by atoms with Gasteiger partial charge in [0, 0.05) is 19.2 Å². The number of carbonyl (C=O) groups excluding carboxylic acids is 1. The zero-order valence-corrected chi connectivity index (χ0v) is 10.8. The summed E-state index contributed by atoms with van der Waals surface area (Å²) in [5.74, 6) is 0.917. The molecule has 0 aromatic heterocycles. The summed E-state index contributed by atoms with van der Waals surface area (Å²) in [6.45, 7) is 1.78. The van der Waals surface area contributed by atoms with Crippen LogP contribution in [-0.2, 0) is 4.79 Å². The third-order valence-electron chi connectivity index (χ3n) is 3.18. The number of piperidine rings is 1. The van der Waals surface area contributed by atoms with Crippen molar-refractivity contribution in [3.05, 3.63) is 35.9 Å². The Morgan fingerprint density at radius 1 is 1.28 bits per heavy atom. The zero-order chi connectivity index (χ0) is 12.8. The molecule has 1 amide bonds. The smallest absolute Gasteiger partial charge is 0.246 e. The topological polar surface area (TPSA) is 29.5 Å². The minimum atomic E-state index is 0.109. The number of nitrogens with zero attached hydrogens (tertiary/aromatic N) is 1. The van der Waals surface area contributed by atoms with Gasteiger partial charge in [-0.15, -0.1) is 0 Å². The fraction of sp³-hybridized carbons (Fsp3) is 0.400. The second-order valence-corrected chi connectivity index (χ2v) is 4.50. The van der Waals surface area contributed by atoms with Crippen molar-refractivity contribution in [2.24, 2.45) is 0 Å². The van der Waals surface area contributed by atoms with Crippen LogP contribution in [0.5, 0.6) is 5.75 Å². The Labute approximate surface area is 108 Å². The molecule has 0 bridgehead atoms. The summed E-state index contributed by atoms with van der Waals surface area (Å²) in [6.07, 6.45) is 6.99. The van der Waals surface area contributed by atoms with Gasteiger partial charge in [-0.2, -0.15) is 0 Å². The maximum Gasteiger partial charge on any atom is 0.246 e. The molecule has 1 saturated heterocycles. The van der Waals surface area contributed by atoms with E-state index >= 15 is 0 Å². The van der Waals surface area contributed by atoms with Gasteiger partial charge in [0.1, 0.15) is 5.75 Å². The first kappa shape index (κ1) is 12.7. The summed E-state index contributed by atoms with van der Waals surface area (Å²) in [6, 6.07) is 7.69. The predicted octanol–water partition coefficient (Wildman–Crippen LogP) is 2.72. The van der Waals surface area contributed by atoms with Crippen molar-refractivity contribution in [2.45, 2.75) is 19.3 Å². The first-order valence-electron chi connectivity index (χ1n) is 6.40. The molecule has 18 heavy (non-hydrogen) atoms. The first-order valence-corrected chi connectivity index (χ1v) is 6.40. The van der Waals surface area contributed by atoms with Crippen molar-refractivity contribution < 1.29 is 9.53 Å². The van der Waals surface area contributed by atoms with E-state index in [4.69, 9.17) is 4.74 Å². The molecule has 0 aliphatic carbocycles. The van der Waals surface area contributed by atoms with E-state index in [1.807, 2.05) is 35.2 Å². The monoisotopic (exact) mass is 245 g/mol. The van der Waals surface area contributed by atoms with Crippen LogP contribution in [0.25, 0.3) is 6.08 Å². The number of likely N-dealkylation sites (tertiary alicyclic amines) is 1. The lowest BCUT2D eigenvalue weighted by Crippen LogP contribution is -2.34. The minimum absolute atomic E-state index is 0.109. The lowest BCUT2D eigenvalue weighted by Gasteiger charge is -2.25. The van der Waals surface area contributed by atoms with Crippen LogP contribution in [0.3, 0.4) is 0 Å². The van der Waals surface area contributed by atoms with Gasteiger partial charge < -0.3 is 9.64 Å². The third-order valence-corrected chi connectivity index (χ3v) is 3.18. The molecule has 0 saturated carbocycles. The molecule has 96 valence electrons. The fourth-order valence-corrected chi connectivity index (χ4v) is 2.13. The Morgan fingerprint density at radius 3 is 2.78 bits per heavy atom. The summed E-state index contributed by atoms with van der Waals surface area (Å²) in [5, 5.41) is 0. The first-order chi connectivity index (χ1) is 8.79. The Balaban J connectivity index is 1.98. The molecule has 0 unspecified atom stereocenters. The van der Waals surface area contributed by atoms with E-state index in [0.29, 0.717) is 0 Å². The van der Waals surface area contributed by atoms with Gasteiger partial charge in [-0.05, 0) is 43.0 Å². The predicted molar refractivity (Wildman–Crippen MR) is 72.5 cm³/mol. The fourth-order valence-electron chi connectivity index (χ4n) is 2.13. The zero-order valence-electron chi connectivity index (χ0n) is 10.8. The highest BCUT2D eigenvalue weighted by molar-refractivity contribution is 5.91. The molecule has 0 radical (unpaired) electrons. The molecular weight excluding hydrogens is 226 g/mol. The summed E-state index contributed by atoms with van der Waals surface area (Å²) >= 11 is 0. The van der Waals surface area contributed by atoms with Crippen LogP contribution < -0.4 is 4.74 Å². The molecule has 3 heteroatoms. The van der Waals surface area contributed by atoms with E-state index in [2.05, 4.69) is 0 Å². The van der Waals surface area contributed by atoms with Crippen LogP contribution in [0.1, 0.15) is 24.8 Å². The molecule has 1 aromatic carbocycles. The highest BCUT2D eigenvalue weighted by Gasteiger charge is 2.13. The number of benzene rings is 1. The maximum absolute atomic E-state index is 11.9. The summed E-state index contributed by atoms with van der Waals surface area (Å²) in [5.41, 5.74) is 0.986. The highest BCUT2D eigenvalue weighted by atomic mass is 16.5. The molecule has 1 aliphatic heterocycles. The van der Waals surface area contributed by atoms with Gasteiger partial charge >= 0.3 is 0 Å². The van der Waals surface area contributed by atoms with Gasteiger partial charge in [-0.3, -0.25) is 4.79 Å². The van der Waals surface area contributed by atoms with E-state index in [-0.39, 0.29) is 5.91 Å². The Hall–Kier alpha value is -1.77. The van der Waals surface area contributed by atoms with Crippen LogP contribution in [0.4, 0.5) is 0 Å². The van der Waals surface area contributed by atoms with Gasteiger partial charge in [-0.25, -0.2) is 0 Å². The third kappa shape index (κ3) is 3.36. The van der Waals surface area contributed by atoms with Crippen LogP contribution in [0, 0.1) is 0 Å². The molecule has 1 heterocycles. The van der Waals surface area contributed by atoms with Crippen LogP contribution in [-0.4, -0.2) is 31.0 Å². The standard InChI is InChI=1S/C15H19NO2/c1-18-14-7-5-6-13(12-14)8-9-15(17)16-10-3-2-4-11-16/h5-9,12H,2-4,10-11H2,1H3/b9-8-. The van der Waals surface area contributed by atoms with Crippen molar-refractivity contribution in [1.29, 1.82) is 0 Å². The van der Waals surface area contributed by atoms with Crippen molar-refractivity contribution in [3.8, 4) is 5.75 Å². The van der Waals surface area contributed by atoms with Crippen molar-refractivity contribution in [1.82, 2.24) is 4.90 Å². The minimum Gasteiger partial charge on any atom is -0.497 e. The number of amides is 1. The van der Waals surface area contributed by atoms with Gasteiger partial charge in [-0.1, -0.05) is 12.1 Å². The van der Waals surface area contributed by atoms with Crippen LogP contribution >= 0.6 is 0 Å². The molecule has 0 atom stereocenters. The van der Waals surface area contributed by atoms with Gasteiger partial charge in [0.15, 0.2) is 0 Å². The maximum atomic E-state index is 11.9. The Bertz CT molecular complexity index is 434. The average molecular weight is 245 g/mol. The van der Waals surface area contributed by atoms with Crippen molar-refractivity contribution >= 4 is 12.0 Å². The Kier molecular flexibility index (Phi) is 4.40. The molecule has 1 aromatic rings. The summed E-state index contributed by atoms with van der Waals surface area (Å²) < 4.78 is 5.15. The van der Waals surface area contributed by atoms with E-state index in [0.717, 1.165) is 37.2 Å². The van der Waals surface area contributed by atoms with Crippen molar-refractivity contribution in [3.63, 3.8) is 0 Å². The second-order valence-electron chi connectivity index (χ2n) is 4.50. The Morgan fingerprint density at radius 2 is 2.06 bits per heavy atom. The number of rotatable bonds is 3. The van der Waals surface area contributed by atoms with E-state index in [9.17, 15) is 4.79 Å². The van der Waals surface area contributed by atoms with E-state index < -0.39 is 0 Å². The summed E-state index contributed by atoms with van der Waals surface area (Å²) in [7, 11) is 1.64. The van der Waals surface area contributed by atoms with Gasteiger partial charge in [0.05, 0.1) is 7.11 Å². The van der Waals surface area contributed by atoms with Crippen molar-refractivity contribution in [2.75, 3.05) is 20.2 Å². The van der Waals surface area contributed by atoms with E-state index in [1.54, 1.807) is 13.2 Å². The summed E-state index contributed by atoms with van der Waals surface area (Å²) in [4.78, 5) is 13.9. The lowest BCUT2D eigenvalue weighted by atomic mass is 10.1. The van der Waals surface area contributed by atoms with E-state index in [1.165, 1.54) is 6.42 Å². The quantitative estimate of drug-likeness (QED) is 0.766. The number of hydrogen-bond acceptors (Lipinski definition) is 2. The molecule has 2 rings (SSSR count). The molecular formula is C15H19NO2.